The highest BCUT2D eigenvalue weighted by molar-refractivity contribution is 7.00. The first-order valence-corrected chi connectivity index (χ1v) is 14.1. The highest BCUT2D eigenvalue weighted by Crippen LogP contribution is 2.44. The zero-order valence-corrected chi connectivity index (χ0v) is 22.3. The molecule has 42 heavy (non-hydrogen) atoms. The van der Waals surface area contributed by atoms with E-state index in [1.807, 2.05) is 28.9 Å². The molecular weight excluding hydrogens is 517 g/mol. The van der Waals surface area contributed by atoms with E-state index in [2.05, 4.69) is 97.1 Å². The predicted octanol–water partition coefficient (Wildman–Crippen LogP) is 6.59. The number of rotatable bonds is 2. The van der Waals surface area contributed by atoms with Gasteiger partial charge in [-0.15, -0.1) is 5.10 Å². The summed E-state index contributed by atoms with van der Waals surface area (Å²) >= 11 is 0. The standard InChI is InChI=1S/C36H20BN3O2/c1-3-11-21(12-4-1)24-19-25(22-13-5-2-6-14-22)35-31-33(24)40-34-28(38-39-40)20-26-23-15-7-9-17-29(23)41-36(26)32(34)37(31)27-16-8-10-18-30(27)42-35/h1-20H. The van der Waals surface area contributed by atoms with Gasteiger partial charge in [-0.05, 0) is 40.9 Å². The summed E-state index contributed by atoms with van der Waals surface area (Å²) in [6.45, 7) is -0.135. The summed E-state index contributed by atoms with van der Waals surface area (Å²) < 4.78 is 15.6. The third-order valence-electron chi connectivity index (χ3n) is 8.80. The van der Waals surface area contributed by atoms with Crippen molar-refractivity contribution < 1.29 is 9.15 Å². The molecule has 0 N–H and O–H groups in total. The molecule has 0 spiro atoms. The molecule has 0 aliphatic carbocycles. The van der Waals surface area contributed by atoms with Crippen LogP contribution in [0.2, 0.25) is 0 Å². The van der Waals surface area contributed by atoms with Gasteiger partial charge >= 0.3 is 0 Å². The normalized spacial score (nSPS) is 12.9. The summed E-state index contributed by atoms with van der Waals surface area (Å²) in [5.74, 6) is 1.70. The SMILES string of the molecule is c1ccc(-c2cc(-c3ccccc3)c3c4c2Oc2ccccc2B4c2c4oc5ccccc5c4cc4nnn-3c24)cc1. The van der Waals surface area contributed by atoms with Crippen LogP contribution in [-0.2, 0) is 0 Å². The van der Waals surface area contributed by atoms with Crippen molar-refractivity contribution in [2.24, 2.45) is 0 Å². The lowest BCUT2D eigenvalue weighted by atomic mass is 9.34. The van der Waals surface area contributed by atoms with Gasteiger partial charge in [-0.3, -0.25) is 0 Å². The maximum absolute atomic E-state index is 6.87. The Balaban J connectivity index is 1.44. The van der Waals surface area contributed by atoms with E-state index < -0.39 is 0 Å². The van der Waals surface area contributed by atoms with E-state index in [9.17, 15) is 0 Å². The smallest absolute Gasteiger partial charge is 0.261 e. The molecule has 194 valence electrons. The number of para-hydroxylation sites is 2. The minimum Gasteiger partial charge on any atom is -0.458 e. The molecule has 0 bridgehead atoms. The Bertz CT molecular complexity index is 2390. The number of ether oxygens (including phenoxy) is 1. The van der Waals surface area contributed by atoms with E-state index in [1.54, 1.807) is 0 Å². The van der Waals surface area contributed by atoms with Gasteiger partial charge in [-0.1, -0.05) is 102 Å². The van der Waals surface area contributed by atoms with Crippen LogP contribution in [-0.4, -0.2) is 21.7 Å². The second-order valence-electron chi connectivity index (χ2n) is 11.0. The minimum atomic E-state index is -0.135. The van der Waals surface area contributed by atoms with Crippen molar-refractivity contribution in [1.82, 2.24) is 15.0 Å². The molecule has 0 unspecified atom stereocenters. The minimum absolute atomic E-state index is 0.135. The Labute approximate surface area is 240 Å². The molecule has 0 amide bonds. The van der Waals surface area contributed by atoms with Crippen LogP contribution in [0.25, 0.3) is 60.9 Å². The summed E-state index contributed by atoms with van der Waals surface area (Å²) in [6.07, 6.45) is 0. The predicted molar refractivity (Wildman–Crippen MR) is 168 cm³/mol. The van der Waals surface area contributed by atoms with Crippen molar-refractivity contribution in [2.75, 3.05) is 0 Å². The van der Waals surface area contributed by atoms with Gasteiger partial charge < -0.3 is 9.15 Å². The molecular formula is C36H20BN3O2. The lowest BCUT2D eigenvalue weighted by Crippen LogP contribution is -2.59. The zero-order valence-electron chi connectivity index (χ0n) is 22.3. The summed E-state index contributed by atoms with van der Waals surface area (Å²) in [4.78, 5) is 0. The zero-order chi connectivity index (χ0) is 27.4. The summed E-state index contributed by atoms with van der Waals surface area (Å²) in [5.41, 5.74) is 12.2. The van der Waals surface area contributed by atoms with Crippen molar-refractivity contribution in [1.29, 1.82) is 0 Å². The average Bonchev–Trinajstić information content (AvgIpc) is 3.65. The van der Waals surface area contributed by atoms with Crippen molar-refractivity contribution in [3.05, 3.63) is 121 Å². The van der Waals surface area contributed by atoms with Gasteiger partial charge in [0.1, 0.15) is 28.2 Å². The number of nitrogens with zero attached hydrogens (tertiary/aromatic N) is 3. The molecule has 4 heterocycles. The van der Waals surface area contributed by atoms with Crippen LogP contribution < -0.4 is 21.1 Å². The van der Waals surface area contributed by atoms with Crippen LogP contribution in [0.15, 0.2) is 126 Å². The Morgan fingerprint density at radius 3 is 2.19 bits per heavy atom. The molecule has 8 aromatic rings. The Morgan fingerprint density at radius 2 is 1.36 bits per heavy atom. The first-order valence-electron chi connectivity index (χ1n) is 14.1. The summed E-state index contributed by atoms with van der Waals surface area (Å²) in [7, 11) is 0. The van der Waals surface area contributed by atoms with E-state index in [0.717, 1.165) is 88.8 Å². The van der Waals surface area contributed by atoms with Crippen molar-refractivity contribution in [2.45, 2.75) is 0 Å². The fourth-order valence-corrected chi connectivity index (χ4v) is 7.05. The highest BCUT2D eigenvalue weighted by Gasteiger charge is 2.44. The number of benzene rings is 6. The van der Waals surface area contributed by atoms with Gasteiger partial charge in [-0.2, -0.15) is 0 Å². The lowest BCUT2D eigenvalue weighted by Gasteiger charge is -2.34. The van der Waals surface area contributed by atoms with E-state index in [-0.39, 0.29) is 6.71 Å². The quantitative estimate of drug-likeness (QED) is 0.234. The maximum Gasteiger partial charge on any atom is 0.261 e. The molecule has 0 saturated heterocycles. The van der Waals surface area contributed by atoms with Crippen LogP contribution in [0, 0.1) is 0 Å². The Hall–Kier alpha value is -5.62. The maximum atomic E-state index is 6.87. The number of fused-ring (bicyclic) bond motifs is 8. The molecule has 0 atom stereocenters. The average molecular weight is 537 g/mol. The van der Waals surface area contributed by atoms with Gasteiger partial charge in [0.2, 0.25) is 0 Å². The van der Waals surface area contributed by atoms with Crippen LogP contribution in [0.5, 0.6) is 11.5 Å². The van der Waals surface area contributed by atoms with Gasteiger partial charge in [0.25, 0.3) is 6.71 Å². The molecule has 2 aliphatic rings. The van der Waals surface area contributed by atoms with Crippen LogP contribution in [0.1, 0.15) is 0 Å². The van der Waals surface area contributed by atoms with Crippen LogP contribution in [0.3, 0.4) is 0 Å². The Kier molecular flexibility index (Phi) is 4.20. The second-order valence-corrected chi connectivity index (χ2v) is 11.0. The van der Waals surface area contributed by atoms with Crippen molar-refractivity contribution in [3.8, 4) is 39.4 Å². The van der Waals surface area contributed by atoms with Gasteiger partial charge in [0, 0.05) is 32.8 Å². The first kappa shape index (κ1) is 22.1. The van der Waals surface area contributed by atoms with Crippen LogP contribution >= 0.6 is 0 Å². The van der Waals surface area contributed by atoms with E-state index in [4.69, 9.17) is 19.5 Å². The molecule has 2 aromatic heterocycles. The van der Waals surface area contributed by atoms with Gasteiger partial charge in [0.05, 0.1) is 11.2 Å². The molecule has 5 nitrogen and oxygen atoms in total. The number of hydrogen-bond acceptors (Lipinski definition) is 4. The fraction of sp³-hybridized carbons (Fsp3) is 0. The third-order valence-corrected chi connectivity index (χ3v) is 8.80. The number of aromatic nitrogens is 3. The topological polar surface area (TPSA) is 53.1 Å². The lowest BCUT2D eigenvalue weighted by molar-refractivity contribution is 0.489. The monoisotopic (exact) mass is 537 g/mol. The first-order chi connectivity index (χ1) is 20.8. The van der Waals surface area contributed by atoms with Crippen molar-refractivity contribution in [3.63, 3.8) is 0 Å². The van der Waals surface area contributed by atoms with E-state index in [1.165, 1.54) is 0 Å². The molecule has 2 aliphatic heterocycles. The number of hydrogen-bond donors (Lipinski definition) is 0. The molecule has 0 saturated carbocycles. The third kappa shape index (κ3) is 2.78. The molecule has 6 heteroatoms. The largest absolute Gasteiger partial charge is 0.458 e. The number of furan rings is 1. The van der Waals surface area contributed by atoms with Gasteiger partial charge in [0.15, 0.2) is 0 Å². The Morgan fingerprint density at radius 1 is 0.643 bits per heavy atom. The fourth-order valence-electron chi connectivity index (χ4n) is 7.05. The summed E-state index contributed by atoms with van der Waals surface area (Å²) in [5, 5.41) is 11.7. The van der Waals surface area contributed by atoms with Crippen molar-refractivity contribution >= 4 is 56.1 Å². The molecule has 0 fully saturated rings. The highest BCUT2D eigenvalue weighted by atomic mass is 16.5. The van der Waals surface area contributed by atoms with E-state index in [0.29, 0.717) is 0 Å². The second kappa shape index (κ2) is 7.98. The van der Waals surface area contributed by atoms with E-state index >= 15 is 0 Å². The molecule has 0 radical (unpaired) electrons. The van der Waals surface area contributed by atoms with Crippen LogP contribution in [0.4, 0.5) is 0 Å². The summed E-state index contributed by atoms with van der Waals surface area (Å²) in [6, 6.07) is 42.0. The van der Waals surface area contributed by atoms with Gasteiger partial charge in [-0.25, -0.2) is 4.68 Å². The molecule has 10 rings (SSSR count). The molecule has 6 aromatic carbocycles.